The minimum atomic E-state index is -4.03. The van der Waals surface area contributed by atoms with Gasteiger partial charge in [-0.3, -0.25) is 0 Å². The van der Waals surface area contributed by atoms with E-state index >= 15 is 0 Å². The van der Waals surface area contributed by atoms with Gasteiger partial charge >= 0.3 is 58.3 Å². The Bertz CT molecular complexity index is 257. The van der Waals surface area contributed by atoms with E-state index in [1.54, 1.807) is 18.2 Å². The summed E-state index contributed by atoms with van der Waals surface area (Å²) in [5, 5.41) is 16.2. The first-order valence-corrected chi connectivity index (χ1v) is 6.23. The van der Waals surface area contributed by atoms with Crippen molar-refractivity contribution >= 4 is 13.2 Å². The molecule has 0 heterocycles. The molecule has 0 aliphatic carbocycles. The Kier molecular flexibility index (Phi) is 6.60. The van der Waals surface area contributed by atoms with Crippen LogP contribution in [0.1, 0.15) is 6.92 Å². The standard InChI is InChI=1S/C6H9O3P.C3H8O2/c7-10(8,9)6-4-2-1-3-5-6;1-3(5)2-4/h1-5,7-10H;3-5H,2H2,1H3. The van der Waals surface area contributed by atoms with Crippen LogP contribution < -0.4 is 5.30 Å². The molecule has 1 atom stereocenters. The van der Waals surface area contributed by atoms with E-state index in [0.29, 0.717) is 0 Å². The predicted molar refractivity (Wildman–Crippen MR) is 59.8 cm³/mol. The Balaban J connectivity index is 0.000000336. The molecule has 0 radical (unpaired) electrons. The van der Waals surface area contributed by atoms with Crippen molar-refractivity contribution in [3.63, 3.8) is 0 Å². The van der Waals surface area contributed by atoms with Gasteiger partial charge in [-0.2, -0.15) is 0 Å². The van der Waals surface area contributed by atoms with Crippen LogP contribution >= 0.6 is 7.94 Å². The number of hydrogen-bond acceptors (Lipinski definition) is 5. The maximum atomic E-state index is 8.74. The van der Waals surface area contributed by atoms with Crippen molar-refractivity contribution in [1.82, 2.24) is 0 Å². The van der Waals surface area contributed by atoms with Gasteiger partial charge in [0, 0.05) is 0 Å². The summed E-state index contributed by atoms with van der Waals surface area (Å²) in [7, 11) is -4.03. The van der Waals surface area contributed by atoms with Gasteiger partial charge in [-0.15, -0.1) is 0 Å². The first kappa shape index (κ1) is 14.5. The summed E-state index contributed by atoms with van der Waals surface area (Å²) in [6.45, 7) is 1.39. The van der Waals surface area contributed by atoms with Gasteiger partial charge in [0.1, 0.15) is 0 Å². The van der Waals surface area contributed by atoms with Crippen molar-refractivity contribution in [3.05, 3.63) is 30.3 Å². The summed E-state index contributed by atoms with van der Waals surface area (Å²) in [6.07, 6.45) is -0.560. The molecule has 5 nitrogen and oxygen atoms in total. The van der Waals surface area contributed by atoms with Crippen LogP contribution in [0, 0.1) is 0 Å². The minimum absolute atomic E-state index is 0.139. The average Bonchev–Trinajstić information content (AvgIpc) is 2.19. The molecule has 0 aliphatic heterocycles. The monoisotopic (exact) mass is 236 g/mol. The third-order valence-electron chi connectivity index (χ3n) is 1.43. The molecular formula is C9H17O5P. The van der Waals surface area contributed by atoms with Gasteiger partial charge in [-0.25, -0.2) is 0 Å². The summed E-state index contributed by atoms with van der Waals surface area (Å²) in [5.41, 5.74) is 0. The molecule has 1 aromatic carbocycles. The van der Waals surface area contributed by atoms with E-state index in [0.717, 1.165) is 0 Å². The van der Waals surface area contributed by atoms with E-state index in [-0.39, 0.29) is 11.9 Å². The van der Waals surface area contributed by atoms with Crippen molar-refractivity contribution in [2.75, 3.05) is 6.61 Å². The number of hydrogen-bond donors (Lipinski definition) is 5. The van der Waals surface area contributed by atoms with Gasteiger partial charge in [0.05, 0.1) is 12.7 Å². The molecule has 88 valence electrons. The summed E-state index contributed by atoms with van der Waals surface area (Å²) in [4.78, 5) is 26.2. The normalized spacial score (nSPS) is 13.7. The Morgan fingerprint density at radius 2 is 1.53 bits per heavy atom. The van der Waals surface area contributed by atoms with E-state index in [2.05, 4.69) is 0 Å². The first-order chi connectivity index (χ1) is 6.88. The fraction of sp³-hybridized carbons (Fsp3) is 0.333. The second-order valence-electron chi connectivity index (χ2n) is 3.03. The third-order valence-corrected chi connectivity index (χ3v) is 2.53. The summed E-state index contributed by atoms with van der Waals surface area (Å²) in [6, 6.07) is 7.97. The zero-order valence-corrected chi connectivity index (χ0v) is 9.41. The van der Waals surface area contributed by atoms with Crippen molar-refractivity contribution < 1.29 is 24.9 Å². The van der Waals surface area contributed by atoms with E-state index in [1.807, 2.05) is 0 Å². The maximum absolute atomic E-state index is 8.74. The van der Waals surface area contributed by atoms with Crippen molar-refractivity contribution in [2.24, 2.45) is 0 Å². The van der Waals surface area contributed by atoms with Gasteiger partial charge in [0.15, 0.2) is 0 Å². The second-order valence-corrected chi connectivity index (χ2v) is 4.88. The summed E-state index contributed by atoms with van der Waals surface area (Å²) < 4.78 is 0. The van der Waals surface area contributed by atoms with Crippen molar-refractivity contribution in [1.29, 1.82) is 0 Å². The van der Waals surface area contributed by atoms with E-state index in [4.69, 9.17) is 24.9 Å². The fourth-order valence-corrected chi connectivity index (χ4v) is 1.30. The van der Waals surface area contributed by atoms with Crippen LogP contribution in [0.5, 0.6) is 0 Å². The van der Waals surface area contributed by atoms with Gasteiger partial charge in [-0.1, -0.05) is 0 Å². The number of aliphatic hydroxyl groups is 2. The molecule has 5 N–H and O–H groups in total. The van der Waals surface area contributed by atoms with Crippen molar-refractivity contribution in [3.8, 4) is 0 Å². The zero-order valence-electron chi connectivity index (χ0n) is 8.41. The van der Waals surface area contributed by atoms with Crippen LogP contribution in [-0.4, -0.2) is 37.6 Å². The topological polar surface area (TPSA) is 101 Å². The first-order valence-electron chi connectivity index (χ1n) is 4.39. The fourth-order valence-electron chi connectivity index (χ4n) is 0.662. The molecule has 0 spiro atoms. The van der Waals surface area contributed by atoms with Crippen LogP contribution in [0.25, 0.3) is 0 Å². The van der Waals surface area contributed by atoms with Crippen molar-refractivity contribution in [2.45, 2.75) is 13.0 Å². The molecule has 0 fully saturated rings. The SMILES string of the molecule is CC(O)CO.O[PH](O)(O)c1ccccc1. The Labute approximate surface area is 88.8 Å². The molecular weight excluding hydrogens is 219 g/mol. The molecule has 1 unspecified atom stereocenters. The Morgan fingerprint density at radius 1 is 1.13 bits per heavy atom. The zero-order chi connectivity index (χ0) is 11.9. The molecule has 6 heteroatoms. The summed E-state index contributed by atoms with van der Waals surface area (Å²) in [5.74, 6) is 0. The molecule has 0 bridgehead atoms. The Hall–Kier alpha value is -0.550. The van der Waals surface area contributed by atoms with Crippen LogP contribution in [0.2, 0.25) is 0 Å². The predicted octanol–water partition coefficient (Wildman–Crippen LogP) is -0.857. The van der Waals surface area contributed by atoms with E-state index < -0.39 is 14.0 Å². The van der Waals surface area contributed by atoms with Crippen LogP contribution in [0.4, 0.5) is 0 Å². The van der Waals surface area contributed by atoms with Gasteiger partial charge in [0.2, 0.25) is 0 Å². The van der Waals surface area contributed by atoms with Crippen LogP contribution in [0.3, 0.4) is 0 Å². The van der Waals surface area contributed by atoms with Crippen LogP contribution in [-0.2, 0) is 0 Å². The molecule has 0 aliphatic rings. The van der Waals surface area contributed by atoms with Gasteiger partial charge < -0.3 is 10.2 Å². The molecule has 15 heavy (non-hydrogen) atoms. The summed E-state index contributed by atoms with van der Waals surface area (Å²) >= 11 is 0. The third kappa shape index (κ3) is 7.39. The molecule has 0 saturated heterocycles. The van der Waals surface area contributed by atoms with E-state index in [1.165, 1.54) is 19.1 Å². The van der Waals surface area contributed by atoms with E-state index in [9.17, 15) is 0 Å². The Morgan fingerprint density at radius 3 is 1.73 bits per heavy atom. The number of aliphatic hydroxyl groups excluding tert-OH is 2. The molecule has 1 aromatic rings. The molecule has 0 aromatic heterocycles. The van der Waals surface area contributed by atoms with Gasteiger partial charge in [0.25, 0.3) is 0 Å². The quantitative estimate of drug-likeness (QED) is 0.430. The van der Waals surface area contributed by atoms with Gasteiger partial charge in [-0.05, 0) is 6.92 Å². The number of rotatable bonds is 2. The van der Waals surface area contributed by atoms with Crippen LogP contribution in [0.15, 0.2) is 30.3 Å². The second kappa shape index (κ2) is 6.85. The molecule has 1 rings (SSSR count). The average molecular weight is 236 g/mol. The molecule has 0 saturated carbocycles. The number of benzene rings is 1. The molecule has 0 amide bonds.